The molecule has 2 aromatic rings. The summed E-state index contributed by atoms with van der Waals surface area (Å²) in [4.78, 5) is 24.7. The highest BCUT2D eigenvalue weighted by Gasteiger charge is 2.24. The first-order chi connectivity index (χ1) is 12.6. The molecule has 5 nitrogen and oxygen atoms in total. The van der Waals surface area contributed by atoms with E-state index in [-0.39, 0.29) is 11.7 Å². The van der Waals surface area contributed by atoms with E-state index in [0.29, 0.717) is 18.0 Å². The van der Waals surface area contributed by atoms with Crippen molar-refractivity contribution in [3.63, 3.8) is 0 Å². The van der Waals surface area contributed by atoms with Crippen LogP contribution in [-0.4, -0.2) is 24.5 Å². The number of hydrogen-bond donors (Lipinski definition) is 1. The van der Waals surface area contributed by atoms with Crippen molar-refractivity contribution in [3.05, 3.63) is 48.4 Å². The van der Waals surface area contributed by atoms with E-state index >= 15 is 0 Å². The summed E-state index contributed by atoms with van der Waals surface area (Å²) in [5.41, 5.74) is 1.52. The third-order valence-corrected chi connectivity index (χ3v) is 4.88. The second kappa shape index (κ2) is 8.70. The molecule has 3 rings (SSSR count). The van der Waals surface area contributed by atoms with Gasteiger partial charge in [-0.1, -0.05) is 49.6 Å². The Morgan fingerprint density at radius 3 is 2.62 bits per heavy atom. The van der Waals surface area contributed by atoms with E-state index in [2.05, 4.69) is 5.32 Å². The lowest BCUT2D eigenvalue weighted by Crippen LogP contribution is -2.38. The van der Waals surface area contributed by atoms with Gasteiger partial charge in [0.1, 0.15) is 0 Å². The lowest BCUT2D eigenvalue weighted by atomic mass is 9.89. The molecule has 1 aromatic heterocycles. The number of ether oxygens (including phenoxy) is 1. The lowest BCUT2D eigenvalue weighted by molar-refractivity contribution is -0.129. The molecule has 0 aliphatic heterocycles. The molecule has 1 heterocycles. The van der Waals surface area contributed by atoms with Crippen molar-refractivity contribution in [2.75, 3.05) is 6.54 Å². The van der Waals surface area contributed by atoms with Crippen LogP contribution in [0.3, 0.4) is 0 Å². The molecule has 138 valence electrons. The summed E-state index contributed by atoms with van der Waals surface area (Å²) < 4.78 is 10.6. The minimum absolute atomic E-state index is 0.114. The van der Waals surface area contributed by atoms with Crippen LogP contribution >= 0.6 is 0 Å². The molecular weight excluding hydrogens is 330 g/mol. The van der Waals surface area contributed by atoms with Gasteiger partial charge in [-0.25, -0.2) is 4.79 Å². The highest BCUT2D eigenvalue weighted by Crippen LogP contribution is 2.26. The number of nitrogens with one attached hydrogen (secondary N) is 1. The predicted molar refractivity (Wildman–Crippen MR) is 98.6 cm³/mol. The number of carbonyl (C=O) groups excluding carboxylic acids is 2. The molecule has 0 saturated heterocycles. The Hall–Kier alpha value is -2.56. The molecular formula is C21H25NO4. The number of hydrogen-bond acceptors (Lipinski definition) is 4. The molecule has 0 radical (unpaired) electrons. The Morgan fingerprint density at radius 2 is 1.88 bits per heavy atom. The first-order valence-corrected chi connectivity index (χ1v) is 9.26. The summed E-state index contributed by atoms with van der Waals surface area (Å²) in [6, 6.07) is 11.2. The summed E-state index contributed by atoms with van der Waals surface area (Å²) in [6.45, 7) is 2.23. The number of amides is 1. The average Bonchev–Trinajstić information content (AvgIpc) is 3.17. The average molecular weight is 355 g/mol. The zero-order chi connectivity index (χ0) is 18.4. The maximum Gasteiger partial charge on any atom is 0.375 e. The monoisotopic (exact) mass is 355 g/mol. The van der Waals surface area contributed by atoms with Crippen LogP contribution in [0.1, 0.15) is 49.6 Å². The van der Waals surface area contributed by atoms with Gasteiger partial charge in [0, 0.05) is 12.1 Å². The van der Waals surface area contributed by atoms with E-state index in [9.17, 15) is 9.59 Å². The largest absolute Gasteiger partial charge is 0.457 e. The normalized spacial score (nSPS) is 16.0. The zero-order valence-corrected chi connectivity index (χ0v) is 15.1. The van der Waals surface area contributed by atoms with Gasteiger partial charge in [-0.3, -0.25) is 4.79 Å². The molecule has 1 fully saturated rings. The number of furan rings is 1. The topological polar surface area (TPSA) is 68.5 Å². The molecule has 26 heavy (non-hydrogen) atoms. The standard InChI is InChI=1S/C21H25NO4/c1-15(20(23)22-14-16-8-4-2-5-9-16)26-21(24)19-18(12-13-25-19)17-10-6-3-7-11-17/h3,6-7,10-13,15-16H,2,4-5,8-9,14H2,1H3,(H,22,23). The SMILES string of the molecule is CC(OC(=O)c1occc1-c1ccccc1)C(=O)NCC1CCCCC1. The third-order valence-electron chi connectivity index (χ3n) is 4.88. The molecule has 1 N–H and O–H groups in total. The van der Waals surface area contributed by atoms with Gasteiger partial charge in [0.25, 0.3) is 5.91 Å². The van der Waals surface area contributed by atoms with Crippen LogP contribution in [0.4, 0.5) is 0 Å². The van der Waals surface area contributed by atoms with Crippen LogP contribution in [0.2, 0.25) is 0 Å². The Kier molecular flexibility index (Phi) is 6.10. The molecule has 1 atom stereocenters. The Balaban J connectivity index is 1.56. The van der Waals surface area contributed by atoms with E-state index in [0.717, 1.165) is 18.4 Å². The van der Waals surface area contributed by atoms with E-state index in [1.54, 1.807) is 13.0 Å². The van der Waals surface area contributed by atoms with Crippen molar-refractivity contribution in [1.82, 2.24) is 5.32 Å². The molecule has 1 aliphatic carbocycles. The quantitative estimate of drug-likeness (QED) is 0.789. The van der Waals surface area contributed by atoms with Gasteiger partial charge in [0.15, 0.2) is 6.10 Å². The fourth-order valence-corrected chi connectivity index (χ4v) is 3.36. The van der Waals surface area contributed by atoms with E-state index < -0.39 is 12.1 Å². The Morgan fingerprint density at radius 1 is 1.15 bits per heavy atom. The fourth-order valence-electron chi connectivity index (χ4n) is 3.36. The molecule has 1 amide bonds. The maximum absolute atomic E-state index is 12.4. The molecule has 1 saturated carbocycles. The first-order valence-electron chi connectivity index (χ1n) is 9.26. The van der Waals surface area contributed by atoms with E-state index in [1.165, 1.54) is 25.5 Å². The van der Waals surface area contributed by atoms with Crippen LogP contribution in [-0.2, 0) is 9.53 Å². The molecule has 0 bridgehead atoms. The van der Waals surface area contributed by atoms with E-state index in [1.807, 2.05) is 30.3 Å². The highest BCUT2D eigenvalue weighted by atomic mass is 16.6. The minimum atomic E-state index is -0.861. The smallest absolute Gasteiger partial charge is 0.375 e. The van der Waals surface area contributed by atoms with Crippen molar-refractivity contribution in [2.45, 2.75) is 45.1 Å². The number of benzene rings is 1. The van der Waals surface area contributed by atoms with Gasteiger partial charge in [-0.15, -0.1) is 0 Å². The van der Waals surface area contributed by atoms with Gasteiger partial charge in [-0.05, 0) is 37.3 Å². The van der Waals surface area contributed by atoms with Crippen LogP contribution < -0.4 is 5.32 Å². The van der Waals surface area contributed by atoms with Crippen LogP contribution in [0.15, 0.2) is 47.1 Å². The molecule has 5 heteroatoms. The molecule has 1 unspecified atom stereocenters. The maximum atomic E-state index is 12.4. The zero-order valence-electron chi connectivity index (χ0n) is 15.1. The Labute approximate surface area is 153 Å². The highest BCUT2D eigenvalue weighted by molar-refractivity contribution is 5.96. The van der Waals surface area contributed by atoms with Gasteiger partial charge >= 0.3 is 5.97 Å². The van der Waals surface area contributed by atoms with Crippen LogP contribution in [0, 0.1) is 5.92 Å². The van der Waals surface area contributed by atoms with Gasteiger partial charge in [-0.2, -0.15) is 0 Å². The molecule has 1 aliphatic rings. The summed E-state index contributed by atoms with van der Waals surface area (Å²) in [5, 5.41) is 2.90. The van der Waals surface area contributed by atoms with Crippen molar-refractivity contribution < 1.29 is 18.7 Å². The third kappa shape index (κ3) is 4.54. The number of esters is 1. The van der Waals surface area contributed by atoms with Crippen molar-refractivity contribution in [1.29, 1.82) is 0 Å². The first kappa shape index (κ1) is 18.2. The van der Waals surface area contributed by atoms with Gasteiger partial charge < -0.3 is 14.5 Å². The summed E-state index contributed by atoms with van der Waals surface area (Å²) >= 11 is 0. The summed E-state index contributed by atoms with van der Waals surface area (Å²) in [7, 11) is 0. The Bertz CT molecular complexity index is 731. The predicted octanol–water partition coefficient (Wildman–Crippen LogP) is 4.19. The summed E-state index contributed by atoms with van der Waals surface area (Å²) in [5.74, 6) is -0.251. The molecule has 0 spiro atoms. The fraction of sp³-hybridized carbons (Fsp3) is 0.429. The number of carbonyl (C=O) groups is 2. The lowest BCUT2D eigenvalue weighted by Gasteiger charge is -2.22. The van der Waals surface area contributed by atoms with Gasteiger partial charge in [0.2, 0.25) is 5.76 Å². The number of rotatable bonds is 6. The minimum Gasteiger partial charge on any atom is -0.457 e. The van der Waals surface area contributed by atoms with Crippen molar-refractivity contribution >= 4 is 11.9 Å². The second-order valence-electron chi connectivity index (χ2n) is 6.83. The molecule has 1 aromatic carbocycles. The van der Waals surface area contributed by atoms with Crippen LogP contribution in [0.25, 0.3) is 11.1 Å². The van der Waals surface area contributed by atoms with Crippen molar-refractivity contribution in [2.24, 2.45) is 5.92 Å². The van der Waals surface area contributed by atoms with Crippen LogP contribution in [0.5, 0.6) is 0 Å². The van der Waals surface area contributed by atoms with E-state index in [4.69, 9.17) is 9.15 Å². The van der Waals surface area contributed by atoms with Gasteiger partial charge in [0.05, 0.1) is 6.26 Å². The summed E-state index contributed by atoms with van der Waals surface area (Å²) in [6.07, 6.45) is 6.64. The van der Waals surface area contributed by atoms with Crippen molar-refractivity contribution in [3.8, 4) is 11.1 Å². The second-order valence-corrected chi connectivity index (χ2v) is 6.83.